The summed E-state index contributed by atoms with van der Waals surface area (Å²) in [5.74, 6) is 0.689. The lowest BCUT2D eigenvalue weighted by Gasteiger charge is -2.38. The Kier molecular flexibility index (Phi) is 3.96. The van der Waals surface area contributed by atoms with Gasteiger partial charge in [0.15, 0.2) is 0 Å². The molecule has 0 aliphatic carbocycles. The van der Waals surface area contributed by atoms with Crippen molar-refractivity contribution in [1.82, 2.24) is 14.9 Å². The molecular formula is C18H15N3O2S. The molecular weight excluding hydrogens is 322 g/mol. The minimum Gasteiger partial charge on any atom is -0.485 e. The highest BCUT2D eigenvalue weighted by Crippen LogP contribution is 2.25. The third-order valence-corrected chi connectivity index (χ3v) is 4.71. The quantitative estimate of drug-likeness (QED) is 0.734. The van der Waals surface area contributed by atoms with E-state index in [1.165, 1.54) is 11.3 Å². The number of aromatic nitrogens is 2. The molecule has 1 aromatic carbocycles. The van der Waals surface area contributed by atoms with E-state index in [1.807, 2.05) is 47.8 Å². The highest BCUT2D eigenvalue weighted by Gasteiger charge is 2.33. The summed E-state index contributed by atoms with van der Waals surface area (Å²) < 4.78 is 5.77. The molecule has 1 aliphatic rings. The Morgan fingerprint density at radius 2 is 2.00 bits per heavy atom. The van der Waals surface area contributed by atoms with E-state index in [-0.39, 0.29) is 12.0 Å². The van der Waals surface area contributed by atoms with Crippen LogP contribution in [-0.4, -0.2) is 40.0 Å². The van der Waals surface area contributed by atoms with Gasteiger partial charge in [0.1, 0.15) is 22.6 Å². The molecule has 1 fully saturated rings. The Labute approximate surface area is 143 Å². The molecule has 0 atom stereocenters. The van der Waals surface area contributed by atoms with E-state index >= 15 is 0 Å². The lowest BCUT2D eigenvalue weighted by molar-refractivity contribution is 0.0173. The first-order valence-electron chi connectivity index (χ1n) is 7.66. The lowest BCUT2D eigenvalue weighted by Crippen LogP contribution is -2.56. The molecule has 1 saturated heterocycles. The van der Waals surface area contributed by atoms with Crippen molar-refractivity contribution in [3.05, 3.63) is 65.9 Å². The fraction of sp³-hybridized carbons (Fsp3) is 0.167. The molecule has 24 heavy (non-hydrogen) atoms. The number of thiazole rings is 1. The van der Waals surface area contributed by atoms with Gasteiger partial charge in [0.25, 0.3) is 5.91 Å². The largest absolute Gasteiger partial charge is 0.485 e. The van der Waals surface area contributed by atoms with Crippen LogP contribution in [0.1, 0.15) is 10.5 Å². The van der Waals surface area contributed by atoms with Crippen molar-refractivity contribution in [2.75, 3.05) is 13.1 Å². The van der Waals surface area contributed by atoms with Crippen LogP contribution in [-0.2, 0) is 0 Å². The number of carbonyl (C=O) groups excluding carboxylic acids is 1. The van der Waals surface area contributed by atoms with Gasteiger partial charge in [-0.05, 0) is 12.1 Å². The fourth-order valence-electron chi connectivity index (χ4n) is 2.54. The second-order valence-electron chi connectivity index (χ2n) is 5.54. The minimum absolute atomic E-state index is 0.0189. The maximum atomic E-state index is 12.5. The van der Waals surface area contributed by atoms with Gasteiger partial charge in [0.2, 0.25) is 0 Å². The van der Waals surface area contributed by atoms with Gasteiger partial charge in [0.05, 0.1) is 19.3 Å². The van der Waals surface area contributed by atoms with E-state index in [1.54, 1.807) is 17.3 Å². The van der Waals surface area contributed by atoms with E-state index in [0.29, 0.717) is 18.8 Å². The Balaban J connectivity index is 1.37. The Hall–Kier alpha value is -2.73. The Morgan fingerprint density at radius 3 is 2.75 bits per heavy atom. The number of benzene rings is 1. The number of likely N-dealkylation sites (tertiary alicyclic amines) is 1. The summed E-state index contributed by atoms with van der Waals surface area (Å²) in [6, 6.07) is 13.6. The first kappa shape index (κ1) is 14.8. The van der Waals surface area contributed by atoms with Crippen molar-refractivity contribution in [2.24, 2.45) is 0 Å². The SMILES string of the molecule is O=C(c1csc(-c2ccccc2)n1)N1CC(Oc2cccnc2)C1. The average molecular weight is 337 g/mol. The normalized spacial score (nSPS) is 14.2. The number of hydrogen-bond donors (Lipinski definition) is 0. The Morgan fingerprint density at radius 1 is 1.17 bits per heavy atom. The van der Waals surface area contributed by atoms with Gasteiger partial charge in [-0.2, -0.15) is 0 Å². The third kappa shape index (κ3) is 3.00. The molecule has 0 N–H and O–H groups in total. The molecule has 5 nitrogen and oxygen atoms in total. The standard InChI is InChI=1S/C18H15N3O2S/c22-18(16-12-24-17(20-16)13-5-2-1-3-6-13)21-10-15(11-21)23-14-7-4-8-19-9-14/h1-9,12,15H,10-11H2. The van der Waals surface area contributed by atoms with E-state index in [9.17, 15) is 4.79 Å². The van der Waals surface area contributed by atoms with E-state index in [2.05, 4.69) is 9.97 Å². The van der Waals surface area contributed by atoms with Crippen LogP contribution in [0.5, 0.6) is 5.75 Å². The maximum absolute atomic E-state index is 12.5. The molecule has 4 rings (SSSR count). The van der Waals surface area contributed by atoms with Crippen molar-refractivity contribution in [1.29, 1.82) is 0 Å². The summed E-state index contributed by atoms with van der Waals surface area (Å²) in [7, 11) is 0. The molecule has 0 radical (unpaired) electrons. The molecule has 2 aromatic heterocycles. The van der Waals surface area contributed by atoms with Gasteiger partial charge in [-0.1, -0.05) is 30.3 Å². The average Bonchev–Trinajstić information content (AvgIpc) is 3.09. The molecule has 0 unspecified atom stereocenters. The fourth-order valence-corrected chi connectivity index (χ4v) is 3.34. The van der Waals surface area contributed by atoms with Crippen LogP contribution in [0, 0.1) is 0 Å². The van der Waals surface area contributed by atoms with Gasteiger partial charge >= 0.3 is 0 Å². The van der Waals surface area contributed by atoms with Crippen LogP contribution in [0.2, 0.25) is 0 Å². The first-order chi connectivity index (χ1) is 11.8. The van der Waals surface area contributed by atoms with Crippen LogP contribution >= 0.6 is 11.3 Å². The molecule has 120 valence electrons. The number of rotatable bonds is 4. The van der Waals surface area contributed by atoms with Crippen LogP contribution in [0.15, 0.2) is 60.2 Å². The molecule has 3 aromatic rings. The maximum Gasteiger partial charge on any atom is 0.273 e. The highest BCUT2D eigenvalue weighted by molar-refractivity contribution is 7.13. The van der Waals surface area contributed by atoms with Crippen molar-refractivity contribution in [3.8, 4) is 16.3 Å². The van der Waals surface area contributed by atoms with Crippen LogP contribution in [0.25, 0.3) is 10.6 Å². The smallest absolute Gasteiger partial charge is 0.273 e. The monoisotopic (exact) mass is 337 g/mol. The zero-order valence-electron chi connectivity index (χ0n) is 12.8. The molecule has 0 spiro atoms. The summed E-state index contributed by atoms with van der Waals surface area (Å²) >= 11 is 1.49. The van der Waals surface area contributed by atoms with E-state index in [4.69, 9.17) is 4.74 Å². The van der Waals surface area contributed by atoms with Crippen molar-refractivity contribution < 1.29 is 9.53 Å². The first-order valence-corrected chi connectivity index (χ1v) is 8.54. The molecule has 0 saturated carbocycles. The predicted octanol–water partition coefficient (Wildman–Crippen LogP) is 3.11. The van der Waals surface area contributed by atoms with Crippen LogP contribution < -0.4 is 4.74 Å². The molecule has 6 heteroatoms. The molecule has 1 amide bonds. The van der Waals surface area contributed by atoms with Gasteiger partial charge in [0, 0.05) is 17.1 Å². The molecule has 1 aliphatic heterocycles. The summed E-state index contributed by atoms with van der Waals surface area (Å²) in [6.07, 6.45) is 3.40. The molecule has 3 heterocycles. The summed E-state index contributed by atoms with van der Waals surface area (Å²) in [5, 5.41) is 2.68. The summed E-state index contributed by atoms with van der Waals surface area (Å²) in [4.78, 5) is 22.7. The van der Waals surface area contributed by atoms with Gasteiger partial charge in [-0.15, -0.1) is 11.3 Å². The topological polar surface area (TPSA) is 55.3 Å². The zero-order valence-corrected chi connectivity index (χ0v) is 13.6. The summed E-state index contributed by atoms with van der Waals surface area (Å²) in [5.41, 5.74) is 1.53. The van der Waals surface area contributed by atoms with Gasteiger partial charge < -0.3 is 9.64 Å². The van der Waals surface area contributed by atoms with Crippen molar-refractivity contribution in [3.63, 3.8) is 0 Å². The number of amides is 1. The van der Waals surface area contributed by atoms with Crippen LogP contribution in [0.4, 0.5) is 0 Å². The number of hydrogen-bond acceptors (Lipinski definition) is 5. The second-order valence-corrected chi connectivity index (χ2v) is 6.40. The number of ether oxygens (including phenoxy) is 1. The van der Waals surface area contributed by atoms with E-state index < -0.39 is 0 Å². The zero-order chi connectivity index (χ0) is 16.4. The minimum atomic E-state index is -0.0422. The second kappa shape index (κ2) is 6.41. The van der Waals surface area contributed by atoms with E-state index in [0.717, 1.165) is 16.3 Å². The van der Waals surface area contributed by atoms with Crippen molar-refractivity contribution >= 4 is 17.2 Å². The summed E-state index contributed by atoms with van der Waals surface area (Å²) in [6.45, 7) is 1.15. The Bertz CT molecular complexity index is 830. The number of pyridine rings is 1. The predicted molar refractivity (Wildman–Crippen MR) is 92.1 cm³/mol. The number of carbonyl (C=O) groups is 1. The third-order valence-electron chi connectivity index (χ3n) is 3.82. The lowest BCUT2D eigenvalue weighted by atomic mass is 10.1. The molecule has 0 bridgehead atoms. The van der Waals surface area contributed by atoms with Gasteiger partial charge in [-0.25, -0.2) is 4.98 Å². The highest BCUT2D eigenvalue weighted by atomic mass is 32.1. The van der Waals surface area contributed by atoms with Crippen LogP contribution in [0.3, 0.4) is 0 Å². The van der Waals surface area contributed by atoms with Crippen molar-refractivity contribution in [2.45, 2.75) is 6.10 Å². The van der Waals surface area contributed by atoms with Gasteiger partial charge in [-0.3, -0.25) is 9.78 Å². The number of nitrogens with zero attached hydrogens (tertiary/aromatic N) is 3.